The van der Waals surface area contributed by atoms with Gasteiger partial charge in [0, 0.05) is 26.0 Å². The summed E-state index contributed by atoms with van der Waals surface area (Å²) < 4.78 is 38.8. The highest BCUT2D eigenvalue weighted by Crippen LogP contribution is 2.47. The zero-order valence-corrected chi connectivity index (χ0v) is 13.5. The molecule has 0 saturated heterocycles. The Balaban J connectivity index is 2.98. The van der Waals surface area contributed by atoms with E-state index in [0.717, 1.165) is 0 Å². The van der Waals surface area contributed by atoms with E-state index in [1.807, 2.05) is 0 Å². The molecule has 0 aromatic carbocycles. The molecule has 1 heterocycles. The number of rotatable bonds is 6. The highest BCUT2D eigenvalue weighted by Gasteiger charge is 2.23. The van der Waals surface area contributed by atoms with Crippen molar-refractivity contribution in [2.75, 3.05) is 14.2 Å². The number of nitrogens with zero attached hydrogens (tertiary/aromatic N) is 2. The van der Waals surface area contributed by atoms with Crippen LogP contribution in [0.15, 0.2) is 17.6 Å². The maximum absolute atomic E-state index is 11.8. The van der Waals surface area contributed by atoms with Crippen molar-refractivity contribution in [3.8, 4) is 5.75 Å². The molecule has 0 aliphatic heterocycles. The second kappa shape index (κ2) is 6.23. The van der Waals surface area contributed by atoms with Crippen molar-refractivity contribution in [3.63, 3.8) is 0 Å². The van der Waals surface area contributed by atoms with Gasteiger partial charge in [-0.05, 0) is 13.8 Å². The minimum Gasteiger partial charge on any atom is -0.421 e. The standard InChI is InChI=1S/C9H15N2O5PS2/c1-7(2)19(12,13)9-10-5-8(6-11-9)16-17(18,14-3)15-4/h5-7H,1-4H3. The maximum Gasteiger partial charge on any atom is 0.380 e. The van der Waals surface area contributed by atoms with E-state index in [9.17, 15) is 8.42 Å². The van der Waals surface area contributed by atoms with Crippen molar-refractivity contribution < 1.29 is 22.0 Å². The van der Waals surface area contributed by atoms with Gasteiger partial charge in [0.15, 0.2) is 5.75 Å². The molecule has 7 nitrogen and oxygen atoms in total. The third-order valence-electron chi connectivity index (χ3n) is 2.14. The summed E-state index contributed by atoms with van der Waals surface area (Å²) in [4.78, 5) is 7.52. The maximum atomic E-state index is 11.8. The van der Waals surface area contributed by atoms with E-state index in [1.165, 1.54) is 26.6 Å². The number of sulfone groups is 1. The van der Waals surface area contributed by atoms with Crippen molar-refractivity contribution in [2.24, 2.45) is 0 Å². The summed E-state index contributed by atoms with van der Waals surface area (Å²) >= 11 is 5.00. The number of hydrogen-bond acceptors (Lipinski definition) is 8. The lowest BCUT2D eigenvalue weighted by Crippen LogP contribution is -2.17. The quantitative estimate of drug-likeness (QED) is 0.575. The van der Waals surface area contributed by atoms with Crippen molar-refractivity contribution in [2.45, 2.75) is 24.3 Å². The van der Waals surface area contributed by atoms with Crippen LogP contribution in [0.4, 0.5) is 0 Å². The van der Waals surface area contributed by atoms with E-state index < -0.39 is 21.8 Å². The molecule has 19 heavy (non-hydrogen) atoms. The van der Waals surface area contributed by atoms with Gasteiger partial charge >= 0.3 is 6.72 Å². The van der Waals surface area contributed by atoms with Gasteiger partial charge in [-0.2, -0.15) is 0 Å². The summed E-state index contributed by atoms with van der Waals surface area (Å²) in [5.74, 6) is 0.190. The fraction of sp³-hybridized carbons (Fsp3) is 0.556. The van der Waals surface area contributed by atoms with Crippen LogP contribution in [0.25, 0.3) is 0 Å². The van der Waals surface area contributed by atoms with Gasteiger partial charge in [-0.15, -0.1) is 0 Å². The lowest BCUT2D eigenvalue weighted by molar-refractivity contribution is 0.272. The predicted molar refractivity (Wildman–Crippen MR) is 73.3 cm³/mol. The summed E-state index contributed by atoms with van der Waals surface area (Å²) in [7, 11) is -0.778. The van der Waals surface area contributed by atoms with Crippen LogP contribution in [0, 0.1) is 0 Å². The van der Waals surface area contributed by atoms with Crippen LogP contribution >= 0.6 is 6.72 Å². The lowest BCUT2D eigenvalue weighted by atomic mass is 10.6. The van der Waals surface area contributed by atoms with E-state index in [2.05, 4.69) is 9.97 Å². The first-order valence-electron chi connectivity index (χ1n) is 5.22. The molecule has 0 atom stereocenters. The second-order valence-electron chi connectivity index (χ2n) is 3.70. The molecule has 1 rings (SSSR count). The van der Waals surface area contributed by atoms with E-state index >= 15 is 0 Å². The fourth-order valence-corrected chi connectivity index (χ4v) is 2.72. The van der Waals surface area contributed by atoms with Gasteiger partial charge in [0.1, 0.15) is 0 Å². The Morgan fingerprint density at radius 3 is 2.05 bits per heavy atom. The van der Waals surface area contributed by atoms with Crippen LogP contribution in [0.3, 0.4) is 0 Å². The Hall–Kier alpha value is -0.600. The van der Waals surface area contributed by atoms with Crippen molar-refractivity contribution in [1.82, 2.24) is 9.97 Å². The van der Waals surface area contributed by atoms with E-state index in [-0.39, 0.29) is 10.9 Å². The molecule has 1 aromatic rings. The number of hydrogen-bond donors (Lipinski definition) is 0. The predicted octanol–water partition coefficient (Wildman–Crippen LogP) is 1.55. The molecular formula is C9H15N2O5PS2. The van der Waals surface area contributed by atoms with Gasteiger partial charge in [-0.25, -0.2) is 18.4 Å². The van der Waals surface area contributed by atoms with Gasteiger partial charge in [0.05, 0.1) is 17.6 Å². The second-order valence-corrected chi connectivity index (χ2v) is 9.25. The summed E-state index contributed by atoms with van der Waals surface area (Å²) in [5.41, 5.74) is 0. The molecule has 0 amide bonds. The highest BCUT2D eigenvalue weighted by atomic mass is 32.5. The molecule has 0 saturated carbocycles. The molecule has 0 unspecified atom stereocenters. The Bertz CT molecular complexity index is 565. The first kappa shape index (κ1) is 16.5. The molecule has 0 fully saturated rings. The van der Waals surface area contributed by atoms with Crippen molar-refractivity contribution >= 4 is 28.4 Å². The van der Waals surface area contributed by atoms with Crippen molar-refractivity contribution in [1.29, 1.82) is 0 Å². The van der Waals surface area contributed by atoms with Gasteiger partial charge in [-0.3, -0.25) is 0 Å². The molecule has 0 aliphatic rings. The van der Waals surface area contributed by atoms with E-state index in [1.54, 1.807) is 13.8 Å². The Kier molecular flexibility index (Phi) is 5.40. The van der Waals surface area contributed by atoms with Crippen LogP contribution in [-0.4, -0.2) is 37.9 Å². The third-order valence-corrected chi connectivity index (χ3v) is 6.55. The Morgan fingerprint density at radius 2 is 1.68 bits per heavy atom. The van der Waals surface area contributed by atoms with Crippen LogP contribution in [0.2, 0.25) is 0 Å². The molecule has 1 aromatic heterocycles. The first-order valence-corrected chi connectivity index (χ1v) is 9.32. The minimum absolute atomic E-state index is 0.190. The van der Waals surface area contributed by atoms with E-state index in [0.29, 0.717) is 0 Å². The summed E-state index contributed by atoms with van der Waals surface area (Å²) in [6.45, 7) is 0.235. The van der Waals surface area contributed by atoms with Crippen LogP contribution < -0.4 is 4.52 Å². The molecule has 0 radical (unpaired) electrons. The monoisotopic (exact) mass is 326 g/mol. The molecule has 0 bridgehead atoms. The first-order chi connectivity index (χ1) is 8.75. The fourth-order valence-electron chi connectivity index (χ4n) is 0.987. The van der Waals surface area contributed by atoms with Crippen molar-refractivity contribution in [3.05, 3.63) is 12.4 Å². The molecule has 108 valence electrons. The molecular weight excluding hydrogens is 311 g/mol. The zero-order valence-electron chi connectivity index (χ0n) is 10.9. The topological polar surface area (TPSA) is 87.6 Å². The Morgan fingerprint density at radius 1 is 1.21 bits per heavy atom. The summed E-state index contributed by atoms with van der Waals surface area (Å²) in [6, 6.07) is 0. The van der Waals surface area contributed by atoms with Crippen LogP contribution in [-0.2, 0) is 30.7 Å². The molecule has 10 heteroatoms. The normalized spacial score (nSPS) is 12.7. The molecule has 0 N–H and O–H groups in total. The third kappa shape index (κ3) is 3.93. The Labute approximate surface area is 117 Å². The van der Waals surface area contributed by atoms with Gasteiger partial charge in [0.2, 0.25) is 15.0 Å². The minimum atomic E-state index is -3.51. The highest BCUT2D eigenvalue weighted by molar-refractivity contribution is 8.07. The average Bonchev–Trinajstić information content (AvgIpc) is 2.39. The van der Waals surface area contributed by atoms with Crippen LogP contribution in [0.5, 0.6) is 5.75 Å². The van der Waals surface area contributed by atoms with E-state index in [4.69, 9.17) is 25.4 Å². The van der Waals surface area contributed by atoms with Crippen LogP contribution in [0.1, 0.15) is 13.8 Å². The number of aromatic nitrogens is 2. The van der Waals surface area contributed by atoms with Gasteiger partial charge in [-0.1, -0.05) is 0 Å². The van der Waals surface area contributed by atoms with Gasteiger partial charge in [0.25, 0.3) is 0 Å². The van der Waals surface area contributed by atoms with Gasteiger partial charge < -0.3 is 13.6 Å². The SMILES string of the molecule is COP(=S)(OC)Oc1cnc(S(=O)(=O)C(C)C)nc1. The molecule has 0 aliphatic carbocycles. The molecule has 0 spiro atoms. The zero-order chi connectivity index (χ0) is 14.7. The lowest BCUT2D eigenvalue weighted by Gasteiger charge is -2.17. The average molecular weight is 326 g/mol. The summed E-state index contributed by atoms with van der Waals surface area (Å²) in [6.07, 6.45) is 2.45. The smallest absolute Gasteiger partial charge is 0.380 e. The largest absolute Gasteiger partial charge is 0.421 e. The summed E-state index contributed by atoms with van der Waals surface area (Å²) in [5, 5.41) is -0.847.